The third-order valence-corrected chi connectivity index (χ3v) is 5.14. The van der Waals surface area contributed by atoms with Gasteiger partial charge in [0.2, 0.25) is 0 Å². The monoisotopic (exact) mass is 272 g/mol. The summed E-state index contributed by atoms with van der Waals surface area (Å²) in [4.78, 5) is 2.30. The number of nitrogens with one attached hydrogen (secondary N) is 1. The lowest BCUT2D eigenvalue weighted by Gasteiger charge is -2.30. The van der Waals surface area contributed by atoms with Crippen molar-refractivity contribution in [2.24, 2.45) is 0 Å². The van der Waals surface area contributed by atoms with Crippen LogP contribution in [0.25, 0.3) is 0 Å². The van der Waals surface area contributed by atoms with Gasteiger partial charge in [-0.3, -0.25) is 0 Å². The van der Waals surface area contributed by atoms with Crippen molar-refractivity contribution in [3.05, 3.63) is 0 Å². The fraction of sp³-hybridized carbons (Fsp3) is 1.00. The molecular weight excluding hydrogens is 240 g/mol. The number of hydrogen-bond donors (Lipinski definition) is 1. The summed E-state index contributed by atoms with van der Waals surface area (Å²) < 4.78 is 0. The van der Waals surface area contributed by atoms with Gasteiger partial charge in [0.1, 0.15) is 0 Å². The molecule has 0 radical (unpaired) electrons. The van der Waals surface area contributed by atoms with Crippen LogP contribution in [0.5, 0.6) is 0 Å². The van der Waals surface area contributed by atoms with Crippen molar-refractivity contribution in [1.82, 2.24) is 10.2 Å². The molecule has 1 aliphatic rings. The van der Waals surface area contributed by atoms with Crippen LogP contribution in [0.3, 0.4) is 0 Å². The van der Waals surface area contributed by atoms with Crippen molar-refractivity contribution >= 4 is 11.8 Å². The Morgan fingerprint density at radius 3 is 2.50 bits per heavy atom. The first-order valence-corrected chi connectivity index (χ1v) is 8.78. The first-order chi connectivity index (χ1) is 8.74. The van der Waals surface area contributed by atoms with Crippen LogP contribution in [0.2, 0.25) is 0 Å². The molecule has 0 amide bonds. The van der Waals surface area contributed by atoms with E-state index >= 15 is 0 Å². The second kappa shape index (κ2) is 10.1. The van der Waals surface area contributed by atoms with Crippen molar-refractivity contribution in [3.63, 3.8) is 0 Å². The molecule has 0 bridgehead atoms. The highest BCUT2D eigenvalue weighted by molar-refractivity contribution is 8.00. The lowest BCUT2D eigenvalue weighted by Crippen LogP contribution is -2.39. The number of thioether (sulfide) groups is 1. The van der Waals surface area contributed by atoms with E-state index in [9.17, 15) is 0 Å². The van der Waals surface area contributed by atoms with E-state index in [2.05, 4.69) is 43.0 Å². The van der Waals surface area contributed by atoms with Gasteiger partial charge in [0.25, 0.3) is 0 Å². The third kappa shape index (κ3) is 7.01. The smallest absolute Gasteiger partial charge is 0.0201 e. The van der Waals surface area contributed by atoms with Crippen LogP contribution in [0, 0.1) is 0 Å². The summed E-state index contributed by atoms with van der Waals surface area (Å²) in [5, 5.41) is 4.64. The van der Waals surface area contributed by atoms with Gasteiger partial charge in [0.15, 0.2) is 0 Å². The molecule has 0 aromatic rings. The van der Waals surface area contributed by atoms with Gasteiger partial charge < -0.3 is 10.2 Å². The van der Waals surface area contributed by atoms with Crippen molar-refractivity contribution in [2.75, 3.05) is 32.9 Å². The topological polar surface area (TPSA) is 15.3 Å². The Balaban J connectivity index is 2.37. The van der Waals surface area contributed by atoms with Gasteiger partial charge in [0, 0.05) is 23.6 Å². The second-order valence-corrected chi connectivity index (χ2v) is 7.11. The summed E-state index contributed by atoms with van der Waals surface area (Å²) in [5.74, 6) is 1.28. The van der Waals surface area contributed by atoms with E-state index in [1.807, 2.05) is 0 Å². The second-order valence-electron chi connectivity index (χ2n) is 5.76. The van der Waals surface area contributed by atoms with Crippen LogP contribution in [-0.4, -0.2) is 49.1 Å². The zero-order valence-corrected chi connectivity index (χ0v) is 13.4. The molecule has 1 aliphatic carbocycles. The van der Waals surface area contributed by atoms with Gasteiger partial charge in [-0.15, -0.1) is 0 Å². The number of hydrogen-bond acceptors (Lipinski definition) is 3. The predicted octanol–water partition coefficient (Wildman–Crippen LogP) is 3.37. The number of rotatable bonds is 7. The van der Waals surface area contributed by atoms with E-state index in [1.165, 1.54) is 63.8 Å². The van der Waals surface area contributed by atoms with Crippen LogP contribution >= 0.6 is 11.8 Å². The zero-order chi connectivity index (χ0) is 13.2. The van der Waals surface area contributed by atoms with E-state index < -0.39 is 0 Å². The molecule has 0 saturated heterocycles. The maximum Gasteiger partial charge on any atom is 0.0201 e. The van der Waals surface area contributed by atoms with Gasteiger partial charge in [-0.25, -0.2) is 0 Å². The minimum absolute atomic E-state index is 0.761. The van der Waals surface area contributed by atoms with Crippen molar-refractivity contribution < 1.29 is 0 Å². The minimum atomic E-state index is 0.761. The molecule has 2 unspecified atom stereocenters. The molecule has 2 nitrogen and oxygen atoms in total. The highest BCUT2D eigenvalue weighted by Crippen LogP contribution is 2.27. The summed E-state index contributed by atoms with van der Waals surface area (Å²) in [6, 6.07) is 0.761. The fourth-order valence-corrected chi connectivity index (χ4v) is 4.17. The molecule has 2 atom stereocenters. The van der Waals surface area contributed by atoms with Crippen molar-refractivity contribution in [3.8, 4) is 0 Å². The average Bonchev–Trinajstić information content (AvgIpc) is 2.31. The fourth-order valence-electron chi connectivity index (χ4n) is 2.60. The first kappa shape index (κ1) is 16.3. The number of nitrogens with zero attached hydrogens (tertiary/aromatic N) is 1. The standard InChI is InChI=1S/C15H32N2S/c1-4-11-16-14-9-7-5-6-8-10-15(14)18-13-12-17(2)3/h14-16H,4-13H2,1-3H3. The summed E-state index contributed by atoms with van der Waals surface area (Å²) in [5.41, 5.74) is 0. The summed E-state index contributed by atoms with van der Waals surface area (Å²) in [6.45, 7) is 4.67. The Morgan fingerprint density at radius 2 is 1.83 bits per heavy atom. The Kier molecular flexibility index (Phi) is 9.16. The molecule has 3 heteroatoms. The molecule has 1 saturated carbocycles. The van der Waals surface area contributed by atoms with E-state index in [0.29, 0.717) is 0 Å². The summed E-state index contributed by atoms with van der Waals surface area (Å²) in [6.07, 6.45) is 9.81. The molecule has 0 spiro atoms. The molecule has 108 valence electrons. The maximum atomic E-state index is 3.79. The van der Waals surface area contributed by atoms with Crippen LogP contribution in [0.15, 0.2) is 0 Å². The molecule has 0 heterocycles. The SMILES string of the molecule is CCCNC1CCCCCCC1SCCN(C)C. The van der Waals surface area contributed by atoms with Crippen molar-refractivity contribution in [2.45, 2.75) is 63.2 Å². The van der Waals surface area contributed by atoms with E-state index in [1.54, 1.807) is 0 Å². The van der Waals surface area contributed by atoms with Gasteiger partial charge in [0.05, 0.1) is 0 Å². The highest BCUT2D eigenvalue weighted by Gasteiger charge is 2.22. The Hall–Kier alpha value is 0.270. The normalized spacial score (nSPS) is 26.0. The van der Waals surface area contributed by atoms with Crippen LogP contribution in [-0.2, 0) is 0 Å². The van der Waals surface area contributed by atoms with Crippen LogP contribution in [0.1, 0.15) is 51.9 Å². The highest BCUT2D eigenvalue weighted by atomic mass is 32.2. The molecule has 0 aliphatic heterocycles. The Labute approximate surface area is 118 Å². The Bertz CT molecular complexity index is 195. The van der Waals surface area contributed by atoms with Crippen LogP contribution in [0.4, 0.5) is 0 Å². The molecule has 1 N–H and O–H groups in total. The molecule has 1 fully saturated rings. The molecule has 0 aromatic heterocycles. The average molecular weight is 273 g/mol. The quantitative estimate of drug-likeness (QED) is 0.765. The van der Waals surface area contributed by atoms with E-state index in [4.69, 9.17) is 0 Å². The molecule has 1 rings (SSSR count). The minimum Gasteiger partial charge on any atom is -0.313 e. The van der Waals surface area contributed by atoms with Crippen molar-refractivity contribution in [1.29, 1.82) is 0 Å². The third-order valence-electron chi connectivity index (χ3n) is 3.73. The molecular formula is C15H32N2S. The van der Waals surface area contributed by atoms with Crippen LogP contribution < -0.4 is 5.32 Å². The van der Waals surface area contributed by atoms with E-state index in [-0.39, 0.29) is 0 Å². The summed E-state index contributed by atoms with van der Waals surface area (Å²) in [7, 11) is 4.34. The van der Waals surface area contributed by atoms with Gasteiger partial charge >= 0.3 is 0 Å². The lowest BCUT2D eigenvalue weighted by molar-refractivity contribution is 0.398. The first-order valence-electron chi connectivity index (χ1n) is 7.73. The van der Waals surface area contributed by atoms with Gasteiger partial charge in [-0.05, 0) is 39.9 Å². The Morgan fingerprint density at radius 1 is 1.11 bits per heavy atom. The maximum absolute atomic E-state index is 3.79. The predicted molar refractivity (Wildman–Crippen MR) is 84.6 cm³/mol. The van der Waals surface area contributed by atoms with E-state index in [0.717, 1.165) is 11.3 Å². The summed E-state index contributed by atoms with van der Waals surface area (Å²) >= 11 is 2.20. The molecule has 18 heavy (non-hydrogen) atoms. The van der Waals surface area contributed by atoms with Gasteiger partial charge in [-0.1, -0.05) is 32.6 Å². The molecule has 0 aromatic carbocycles. The largest absolute Gasteiger partial charge is 0.313 e. The van der Waals surface area contributed by atoms with Gasteiger partial charge in [-0.2, -0.15) is 11.8 Å². The lowest BCUT2D eigenvalue weighted by atomic mass is 9.96. The zero-order valence-electron chi connectivity index (χ0n) is 12.6.